The molecule has 0 N–H and O–H groups in total. The Kier molecular flexibility index (Phi) is 24.4. The van der Waals surface area contributed by atoms with Crippen LogP contribution in [0.3, 0.4) is 0 Å². The zero-order valence-electron chi connectivity index (χ0n) is 77.6. The highest BCUT2D eigenvalue weighted by Gasteiger charge is 2.63. The van der Waals surface area contributed by atoms with E-state index in [0.29, 0.717) is 139 Å². The van der Waals surface area contributed by atoms with Crippen LogP contribution in [0.4, 0.5) is 0 Å². The fraction of sp³-hybridized carbons (Fsp3) is 0.406. The predicted molar refractivity (Wildman–Crippen MR) is 500 cm³/mol. The highest BCUT2D eigenvalue weighted by Crippen LogP contribution is 2.58. The van der Waals surface area contributed by atoms with Crippen molar-refractivity contribution < 1.29 is 108 Å². The average Bonchev–Trinajstić information content (AvgIpc) is 1.55. The van der Waals surface area contributed by atoms with Crippen LogP contribution in [0.15, 0.2) is 273 Å². The zero-order valence-corrected chi connectivity index (χ0v) is 82.5. The summed E-state index contributed by atoms with van der Waals surface area (Å²) in [5.74, 6) is -2.18. The summed E-state index contributed by atoms with van der Waals surface area (Å²) in [5, 5.41) is 0. The minimum atomic E-state index is -3.77. The molecular weight excluding hydrogens is 1870 g/mol. The van der Waals surface area contributed by atoms with E-state index in [1.54, 1.807) is 166 Å². The molecule has 7 aromatic rings. The molecule has 0 aromatic heterocycles. The maximum absolute atomic E-state index is 13.2. The van der Waals surface area contributed by atoms with Crippen molar-refractivity contribution >= 4 is 96.0 Å². The summed E-state index contributed by atoms with van der Waals surface area (Å²) < 4.78 is 198. The summed E-state index contributed by atoms with van der Waals surface area (Å²) in [6.45, 7) is 18.5. The van der Waals surface area contributed by atoms with Gasteiger partial charge in [0.05, 0.1) is 97.0 Å². The molecule has 1 unspecified atom stereocenters. The van der Waals surface area contributed by atoms with Gasteiger partial charge in [-0.1, -0.05) is 143 Å². The summed E-state index contributed by atoms with van der Waals surface area (Å²) in [6, 6.07) is 50.0. The minimum Gasteiger partial charge on any atom is -0.450 e. The van der Waals surface area contributed by atoms with Gasteiger partial charge in [-0.05, 0) is 219 Å². The van der Waals surface area contributed by atoms with Gasteiger partial charge in [0.2, 0.25) is 0 Å². The van der Waals surface area contributed by atoms with Crippen molar-refractivity contribution in [1.82, 2.24) is 25.8 Å². The molecule has 23 rings (SSSR count). The zero-order chi connectivity index (χ0) is 97.5. The molecule has 30 nitrogen and oxygen atoms in total. The molecule has 4 fully saturated rings. The standard InChI is InChI=1S/C20H19NO4S.C18H21NO4S.3C16H17NO4S.C15H17NO4S/c1-14-8-10-16(11-9-14)26(23,24)21-13-12-17-18(21)20(2,25-19(17)22)15-6-4-3-5-7-15;1-13-5-7-14(8-6-13)24(21,22)19-12-9-15-16(19)18(23-17(15)20)10-3-2-4-11-18;3*1-11-3-5-12(6-4-11)22(19,20)17-10-7-13-14(17)16(8-2-9-16)21-15(13)18;1-10-4-6-11(7-5-10)21(18,19)16-9-8-12-13(16)15(2,3)20-14(12)17/h3-11H,12-13H2,1-2H3;5-8H,2-4,9-12H2,1H3;3*3-6H,2,7-10H2,1H3;4-7H,8-9H2,1-3H3. The normalized spacial score (nSPS) is 22.4. The number of carbonyl (C=O) groups is 6. The number of nitrogens with zero attached hydrogens (tertiary/aromatic N) is 6. The van der Waals surface area contributed by atoms with Gasteiger partial charge in [-0.25, -0.2) is 79.3 Å². The summed E-state index contributed by atoms with van der Waals surface area (Å²) in [7, 11) is -22.0. The first kappa shape index (κ1) is 95.6. The first-order chi connectivity index (χ1) is 64.8. The third kappa shape index (κ3) is 16.4. The average molecular weight is 1980 g/mol. The number of benzene rings is 7. The van der Waals surface area contributed by atoms with E-state index in [1.165, 1.54) is 25.8 Å². The van der Waals surface area contributed by atoms with Crippen LogP contribution in [0.25, 0.3) is 0 Å². The van der Waals surface area contributed by atoms with E-state index < -0.39 is 106 Å². The third-order valence-corrected chi connectivity index (χ3v) is 39.6. The van der Waals surface area contributed by atoms with Gasteiger partial charge in [0, 0.05) is 83.4 Å². The smallest absolute Gasteiger partial charge is 0.337 e. The number of aryl methyl sites for hydroxylation is 6. The van der Waals surface area contributed by atoms with Gasteiger partial charge in [-0.2, -0.15) is 0 Å². The van der Waals surface area contributed by atoms with Gasteiger partial charge in [-0.3, -0.25) is 25.8 Å². The number of hydrogen-bond acceptors (Lipinski definition) is 24. The van der Waals surface area contributed by atoms with E-state index in [-0.39, 0.29) is 59.8 Å². The molecule has 4 spiro atoms. The lowest BCUT2D eigenvalue weighted by Gasteiger charge is -2.41. The van der Waals surface area contributed by atoms with E-state index >= 15 is 0 Å². The van der Waals surface area contributed by atoms with Gasteiger partial charge in [0.1, 0.15) is 5.60 Å². The lowest BCUT2D eigenvalue weighted by molar-refractivity contribution is -0.155. The molecule has 722 valence electrons. The van der Waals surface area contributed by atoms with Gasteiger partial charge < -0.3 is 28.4 Å². The topological polar surface area (TPSA) is 382 Å². The molecule has 12 aliphatic heterocycles. The third-order valence-electron chi connectivity index (χ3n) is 28.7. The van der Waals surface area contributed by atoms with Gasteiger partial charge in [-0.15, -0.1) is 0 Å². The Morgan fingerprint density at radius 1 is 0.226 bits per heavy atom. The Hall–Kier alpha value is -11.7. The molecule has 0 amide bonds. The molecule has 36 heteroatoms. The number of esters is 6. The number of fused-ring (bicyclic) bond motifs is 4. The van der Waals surface area contributed by atoms with Crippen molar-refractivity contribution in [3.63, 3.8) is 0 Å². The molecule has 7 aromatic carbocycles. The second kappa shape index (κ2) is 35.0. The van der Waals surface area contributed by atoms with Crippen molar-refractivity contribution in [3.05, 3.63) is 282 Å². The van der Waals surface area contributed by atoms with Crippen molar-refractivity contribution in [2.75, 3.05) is 39.3 Å². The summed E-state index contributed by atoms with van der Waals surface area (Å²) in [4.78, 5) is 74.1. The number of hydrogen-bond donors (Lipinski definition) is 0. The fourth-order valence-electron chi connectivity index (χ4n) is 21.1. The van der Waals surface area contributed by atoms with Crippen LogP contribution in [-0.2, 0) is 123 Å². The number of rotatable bonds is 13. The number of cyclic esters (lactones) is 2. The second-order valence-corrected chi connectivity index (χ2v) is 49.3. The predicted octanol–water partition coefficient (Wildman–Crippen LogP) is 14.4. The van der Waals surface area contributed by atoms with E-state index in [1.807, 2.05) is 71.9 Å². The van der Waals surface area contributed by atoms with Crippen molar-refractivity contribution in [2.45, 2.75) is 254 Å². The highest BCUT2D eigenvalue weighted by atomic mass is 32.2. The summed E-state index contributed by atoms with van der Waals surface area (Å²) >= 11 is 0. The van der Waals surface area contributed by atoms with Gasteiger partial charge >= 0.3 is 35.8 Å². The maximum atomic E-state index is 13.2. The largest absolute Gasteiger partial charge is 0.450 e. The van der Waals surface area contributed by atoms with Crippen molar-refractivity contribution in [2.24, 2.45) is 0 Å². The second-order valence-electron chi connectivity index (χ2n) is 38.1. The Morgan fingerprint density at radius 3 is 0.657 bits per heavy atom. The van der Waals surface area contributed by atoms with E-state index in [0.717, 1.165) is 129 Å². The van der Waals surface area contributed by atoms with Crippen LogP contribution in [0.5, 0.6) is 0 Å². The minimum absolute atomic E-state index is 0.214. The Bertz CT molecular complexity index is 6810. The first-order valence-electron chi connectivity index (χ1n) is 46.3. The molecule has 0 bridgehead atoms. The Labute approximate surface area is 799 Å². The van der Waals surface area contributed by atoms with E-state index in [2.05, 4.69) is 0 Å². The maximum Gasteiger partial charge on any atom is 0.337 e. The van der Waals surface area contributed by atoms with Crippen molar-refractivity contribution in [3.8, 4) is 0 Å². The lowest BCUT2D eigenvalue weighted by Crippen LogP contribution is -2.46. The first-order valence-corrected chi connectivity index (χ1v) is 54.9. The van der Waals surface area contributed by atoms with Crippen LogP contribution in [0, 0.1) is 41.5 Å². The molecule has 137 heavy (non-hydrogen) atoms. The Balaban J connectivity index is 0.000000109. The van der Waals surface area contributed by atoms with E-state index in [9.17, 15) is 79.3 Å². The number of carbonyl (C=O) groups excluding carboxylic acids is 6. The number of sulfonamides is 6. The van der Waals surface area contributed by atoms with Crippen LogP contribution in [0.2, 0.25) is 0 Å². The monoisotopic (exact) mass is 1980 g/mol. The summed E-state index contributed by atoms with van der Waals surface area (Å²) in [5.41, 5.74) is 8.49. The fourth-order valence-corrected chi connectivity index (χ4v) is 30.7. The highest BCUT2D eigenvalue weighted by molar-refractivity contribution is 7.90. The molecule has 0 radical (unpaired) electrons. The quantitative estimate of drug-likeness (QED) is 0.0764. The molecule has 1 atom stereocenters. The molecular formula is C101H108N6O24S6. The molecule has 4 saturated carbocycles. The molecule has 16 aliphatic rings. The van der Waals surface area contributed by atoms with Crippen molar-refractivity contribution in [1.29, 1.82) is 0 Å². The summed E-state index contributed by atoms with van der Waals surface area (Å²) in [6.07, 6.45) is 14.2. The van der Waals surface area contributed by atoms with Crippen LogP contribution in [-0.4, -0.2) is 179 Å². The number of ether oxygens (including phenoxy) is 6. The molecule has 0 saturated heterocycles. The SMILES string of the molecule is Cc1ccc(S(=O)(=O)N2CCC3=C2C(C)(C)OC3=O)cc1.Cc1ccc(S(=O)(=O)N2CCC3=C2C(C)(c2ccccc2)OC3=O)cc1.Cc1ccc(S(=O)(=O)N2CCC3=C2C2(CCC2)OC3=O)cc1.Cc1ccc(S(=O)(=O)N2CCC3=C2C2(CCC2)OC3=O)cc1.Cc1ccc(S(=O)(=O)N2CCC3=C2C2(CCC2)OC3=O)cc1.Cc1ccc(S(=O)(=O)N2CCC3=C2C2(CCCCC2)OC3=O)cc1. The van der Waals surface area contributed by atoms with Gasteiger partial charge in [0.15, 0.2) is 28.0 Å². The van der Waals surface area contributed by atoms with Gasteiger partial charge in [0.25, 0.3) is 60.1 Å². The lowest BCUT2D eigenvalue weighted by atomic mass is 9.78. The molecule has 4 aliphatic carbocycles. The van der Waals surface area contributed by atoms with Crippen LogP contribution >= 0.6 is 0 Å². The Morgan fingerprint density at radius 2 is 0.423 bits per heavy atom. The molecule has 12 heterocycles. The van der Waals surface area contributed by atoms with E-state index in [4.69, 9.17) is 28.4 Å². The van der Waals surface area contributed by atoms with Crippen LogP contribution < -0.4 is 0 Å². The van der Waals surface area contributed by atoms with Crippen LogP contribution in [0.1, 0.15) is 188 Å².